The summed E-state index contributed by atoms with van der Waals surface area (Å²) in [6.45, 7) is 8.05. The third-order valence-electron chi connectivity index (χ3n) is 2.79. The van der Waals surface area contributed by atoms with Gasteiger partial charge in [-0.15, -0.1) is 0 Å². The van der Waals surface area contributed by atoms with Crippen molar-refractivity contribution in [2.75, 3.05) is 14.2 Å². The minimum atomic E-state index is -1.53. The van der Waals surface area contributed by atoms with Crippen LogP contribution in [0.1, 0.15) is 34.6 Å². The highest BCUT2D eigenvalue weighted by molar-refractivity contribution is 6.05. The van der Waals surface area contributed by atoms with Crippen LogP contribution in [0.2, 0.25) is 0 Å². The number of hydrogen-bond donors (Lipinski definition) is 1. The minimum absolute atomic E-state index is 0.549. The highest BCUT2D eigenvalue weighted by Gasteiger charge is 2.43. The van der Waals surface area contributed by atoms with Gasteiger partial charge in [-0.3, -0.25) is 9.59 Å². The van der Waals surface area contributed by atoms with E-state index in [9.17, 15) is 19.2 Å². The molecule has 8 heteroatoms. The number of Topliss-reactive ketones (excluding diaryl/α,β-unsaturated/α-hetero) is 1. The van der Waals surface area contributed by atoms with Crippen LogP contribution in [0, 0.1) is 11.8 Å². The summed E-state index contributed by atoms with van der Waals surface area (Å²) >= 11 is 0. The van der Waals surface area contributed by atoms with Crippen molar-refractivity contribution in [3.63, 3.8) is 0 Å². The molecule has 23 heavy (non-hydrogen) atoms. The van der Waals surface area contributed by atoms with E-state index >= 15 is 0 Å². The molecular weight excluding hydrogens is 306 g/mol. The number of methoxy groups -OCH3 is 2. The van der Waals surface area contributed by atoms with Crippen LogP contribution in [-0.4, -0.2) is 49.7 Å². The Balaban J connectivity index is 5.55. The molecule has 0 aliphatic carbocycles. The molecule has 0 rings (SSSR count). The largest absolute Gasteiger partial charge is 0.468 e. The Morgan fingerprint density at radius 3 is 1.74 bits per heavy atom. The van der Waals surface area contributed by atoms with Gasteiger partial charge in [-0.25, -0.2) is 9.59 Å². The summed E-state index contributed by atoms with van der Waals surface area (Å²) in [6, 6.07) is -1.53. The van der Waals surface area contributed by atoms with Crippen LogP contribution in [0.4, 0.5) is 4.79 Å². The molecule has 1 unspecified atom stereocenters. The van der Waals surface area contributed by atoms with Gasteiger partial charge in [0.2, 0.25) is 0 Å². The third kappa shape index (κ3) is 6.66. The van der Waals surface area contributed by atoms with E-state index in [0.717, 1.165) is 14.2 Å². The summed E-state index contributed by atoms with van der Waals surface area (Å²) in [4.78, 5) is 48.1. The normalized spacial score (nSPS) is 13.7. The van der Waals surface area contributed by atoms with Crippen LogP contribution in [0.3, 0.4) is 0 Å². The predicted molar refractivity (Wildman–Crippen MR) is 80.5 cm³/mol. The van der Waals surface area contributed by atoms with Crippen molar-refractivity contribution in [1.29, 1.82) is 0 Å². The van der Waals surface area contributed by atoms with Gasteiger partial charge in [-0.1, -0.05) is 13.8 Å². The van der Waals surface area contributed by atoms with Crippen LogP contribution in [-0.2, 0) is 28.6 Å². The first-order valence-electron chi connectivity index (χ1n) is 7.13. The Labute approximate surface area is 135 Å². The molecule has 0 aromatic rings. The molecule has 1 N–H and O–H groups in total. The molecule has 0 saturated heterocycles. The Kier molecular flexibility index (Phi) is 7.71. The minimum Gasteiger partial charge on any atom is -0.468 e. The lowest BCUT2D eigenvalue weighted by Crippen LogP contribution is -2.53. The highest BCUT2D eigenvalue weighted by atomic mass is 16.6. The maximum absolute atomic E-state index is 12.3. The van der Waals surface area contributed by atoms with Gasteiger partial charge in [0.15, 0.2) is 11.8 Å². The number of carbonyl (C=O) groups is 4. The van der Waals surface area contributed by atoms with E-state index in [0.29, 0.717) is 0 Å². The van der Waals surface area contributed by atoms with E-state index in [-0.39, 0.29) is 0 Å². The molecule has 0 aliphatic heterocycles. The van der Waals surface area contributed by atoms with Gasteiger partial charge in [0.1, 0.15) is 11.5 Å². The fourth-order valence-electron chi connectivity index (χ4n) is 1.74. The molecule has 1 amide bonds. The lowest BCUT2D eigenvalue weighted by atomic mass is 9.88. The Bertz CT molecular complexity index is 465. The molecule has 132 valence electrons. The van der Waals surface area contributed by atoms with Crippen molar-refractivity contribution in [1.82, 2.24) is 5.32 Å². The van der Waals surface area contributed by atoms with Gasteiger partial charge >= 0.3 is 18.0 Å². The Hall–Kier alpha value is -2.12. The first-order valence-corrected chi connectivity index (χ1v) is 7.13. The lowest BCUT2D eigenvalue weighted by Gasteiger charge is -2.26. The van der Waals surface area contributed by atoms with Crippen LogP contribution in [0.15, 0.2) is 0 Å². The van der Waals surface area contributed by atoms with Gasteiger partial charge in [0.25, 0.3) is 0 Å². The van der Waals surface area contributed by atoms with Gasteiger partial charge in [-0.05, 0) is 20.8 Å². The molecule has 0 spiro atoms. The molecule has 0 aromatic heterocycles. The summed E-state index contributed by atoms with van der Waals surface area (Å²) in [7, 11) is 2.17. The number of ether oxygens (including phenoxy) is 3. The number of alkyl carbamates (subject to hydrolysis) is 1. The van der Waals surface area contributed by atoms with Crippen molar-refractivity contribution in [3.05, 3.63) is 0 Å². The SMILES string of the molecule is COC(=O)C(C(=O)C(C)C)[C@@H](NC(=O)OC(C)(C)C)C(=O)OC. The van der Waals surface area contributed by atoms with Crippen LogP contribution >= 0.6 is 0 Å². The van der Waals surface area contributed by atoms with Gasteiger partial charge < -0.3 is 19.5 Å². The summed E-state index contributed by atoms with van der Waals surface area (Å²) in [5, 5.41) is 2.22. The fourth-order valence-corrected chi connectivity index (χ4v) is 1.74. The summed E-state index contributed by atoms with van der Waals surface area (Å²) in [5.74, 6) is -4.50. The van der Waals surface area contributed by atoms with Crippen molar-refractivity contribution in [2.45, 2.75) is 46.3 Å². The van der Waals surface area contributed by atoms with Crippen molar-refractivity contribution < 1.29 is 33.4 Å². The summed E-state index contributed by atoms with van der Waals surface area (Å²) in [5.41, 5.74) is -0.812. The van der Waals surface area contributed by atoms with E-state index in [1.807, 2.05) is 0 Å². The molecule has 0 heterocycles. The molecule has 0 aliphatic rings. The molecule has 0 bridgehead atoms. The predicted octanol–water partition coefficient (Wildman–Crippen LogP) is 1.07. The Morgan fingerprint density at radius 1 is 0.913 bits per heavy atom. The van der Waals surface area contributed by atoms with Crippen LogP contribution in [0.25, 0.3) is 0 Å². The van der Waals surface area contributed by atoms with Gasteiger partial charge in [0, 0.05) is 5.92 Å². The molecule has 0 radical (unpaired) electrons. The lowest BCUT2D eigenvalue weighted by molar-refractivity contribution is -0.158. The molecule has 0 aromatic carbocycles. The maximum atomic E-state index is 12.3. The number of amides is 1. The second-order valence-electron chi connectivity index (χ2n) is 6.20. The average Bonchev–Trinajstić information content (AvgIpc) is 2.42. The zero-order valence-electron chi connectivity index (χ0n) is 14.6. The second kappa shape index (κ2) is 8.50. The van der Waals surface area contributed by atoms with Gasteiger partial charge in [-0.2, -0.15) is 0 Å². The van der Waals surface area contributed by atoms with E-state index in [2.05, 4.69) is 14.8 Å². The Morgan fingerprint density at radius 2 is 1.39 bits per heavy atom. The summed E-state index contributed by atoms with van der Waals surface area (Å²) < 4.78 is 14.2. The third-order valence-corrected chi connectivity index (χ3v) is 2.79. The molecule has 0 fully saturated rings. The zero-order valence-corrected chi connectivity index (χ0v) is 14.6. The molecule has 0 saturated carbocycles. The molecule has 2 atom stereocenters. The first-order chi connectivity index (χ1) is 10.4. The first kappa shape index (κ1) is 20.9. The number of nitrogens with one attached hydrogen (secondary N) is 1. The second-order valence-corrected chi connectivity index (χ2v) is 6.20. The van der Waals surface area contributed by atoms with E-state index in [1.54, 1.807) is 34.6 Å². The highest BCUT2D eigenvalue weighted by Crippen LogP contribution is 2.16. The zero-order chi connectivity index (χ0) is 18.4. The van der Waals surface area contributed by atoms with E-state index < -0.39 is 47.3 Å². The molecule has 8 nitrogen and oxygen atoms in total. The average molecular weight is 331 g/mol. The van der Waals surface area contributed by atoms with Crippen molar-refractivity contribution in [2.24, 2.45) is 11.8 Å². The fraction of sp³-hybridized carbons (Fsp3) is 0.733. The summed E-state index contributed by atoms with van der Waals surface area (Å²) in [6.07, 6.45) is -0.946. The number of esters is 2. The number of rotatable bonds is 6. The maximum Gasteiger partial charge on any atom is 0.408 e. The van der Waals surface area contributed by atoms with Crippen molar-refractivity contribution in [3.8, 4) is 0 Å². The quantitative estimate of drug-likeness (QED) is 0.440. The molecular formula is C15H25NO7. The van der Waals surface area contributed by atoms with Crippen molar-refractivity contribution >= 4 is 23.8 Å². The van der Waals surface area contributed by atoms with Gasteiger partial charge in [0.05, 0.1) is 14.2 Å². The van der Waals surface area contributed by atoms with Crippen LogP contribution < -0.4 is 5.32 Å². The standard InChI is InChI=1S/C15H25NO7/c1-8(2)11(17)9(12(18)21-6)10(13(19)22-7)16-14(20)23-15(3,4)5/h8-10H,1-7H3,(H,16,20)/t9?,10-/m1/s1. The topological polar surface area (TPSA) is 108 Å². The smallest absolute Gasteiger partial charge is 0.408 e. The monoisotopic (exact) mass is 331 g/mol. The number of carbonyl (C=O) groups excluding carboxylic acids is 4. The number of hydrogen-bond acceptors (Lipinski definition) is 7. The van der Waals surface area contributed by atoms with Crippen LogP contribution in [0.5, 0.6) is 0 Å². The van der Waals surface area contributed by atoms with E-state index in [1.165, 1.54) is 0 Å². The van der Waals surface area contributed by atoms with E-state index in [4.69, 9.17) is 4.74 Å². The number of ketones is 1.